The van der Waals surface area contributed by atoms with Gasteiger partial charge in [-0.15, -0.1) is 22.7 Å². The molecule has 8 nitrogen and oxygen atoms in total. The Morgan fingerprint density at radius 1 is 0.711 bits per heavy atom. The van der Waals surface area contributed by atoms with E-state index in [0.29, 0.717) is 17.9 Å². The van der Waals surface area contributed by atoms with Crippen molar-refractivity contribution in [1.82, 2.24) is 4.90 Å². The van der Waals surface area contributed by atoms with Crippen LogP contribution in [0.2, 0.25) is 0 Å². The molecule has 0 aliphatic carbocycles. The summed E-state index contributed by atoms with van der Waals surface area (Å²) in [5.41, 5.74) is 2.37. The molecule has 5 rings (SSSR count). The molecule has 1 aliphatic heterocycles. The Hall–Kier alpha value is -4.28. The first-order valence-corrected chi connectivity index (χ1v) is 16.4. The predicted molar refractivity (Wildman–Crippen MR) is 174 cm³/mol. The summed E-state index contributed by atoms with van der Waals surface area (Å²) in [6, 6.07) is 16.7. The zero-order valence-corrected chi connectivity index (χ0v) is 27.5. The van der Waals surface area contributed by atoms with E-state index in [-0.39, 0.29) is 36.3 Å². The Kier molecular flexibility index (Phi) is 9.84. The summed E-state index contributed by atoms with van der Waals surface area (Å²) in [7, 11) is 0. The lowest BCUT2D eigenvalue weighted by molar-refractivity contribution is -0.139. The summed E-state index contributed by atoms with van der Waals surface area (Å²) < 4.78 is 16.4. The van der Waals surface area contributed by atoms with Gasteiger partial charge in [0.25, 0.3) is 0 Å². The van der Waals surface area contributed by atoms with Crippen LogP contribution in [0.25, 0.3) is 0 Å². The molecule has 1 saturated heterocycles. The van der Waals surface area contributed by atoms with E-state index >= 15 is 0 Å². The maximum atomic E-state index is 13.7. The normalized spacial score (nSPS) is 16.2. The molecule has 0 bridgehead atoms. The average molecular weight is 646 g/mol. The first-order chi connectivity index (χ1) is 21.6. The molecule has 4 aromatic rings. The van der Waals surface area contributed by atoms with E-state index in [1.54, 1.807) is 46.9 Å². The quantitative estimate of drug-likeness (QED) is 0.0971. The van der Waals surface area contributed by atoms with Crippen molar-refractivity contribution in [2.75, 3.05) is 19.8 Å². The fourth-order valence-corrected chi connectivity index (χ4v) is 7.48. The number of imide groups is 1. The van der Waals surface area contributed by atoms with Crippen LogP contribution in [0.15, 0.2) is 60.7 Å². The maximum Gasteiger partial charge on any atom is 0.343 e. The second-order valence-electron chi connectivity index (χ2n) is 10.9. The number of hydrogen-bond acceptors (Lipinski definition) is 9. The highest BCUT2D eigenvalue weighted by molar-refractivity contribution is 7.12. The van der Waals surface area contributed by atoms with Crippen LogP contribution in [0, 0.1) is 27.7 Å². The monoisotopic (exact) mass is 645 g/mol. The van der Waals surface area contributed by atoms with Crippen molar-refractivity contribution in [3.8, 4) is 11.5 Å². The lowest BCUT2D eigenvalue weighted by Gasteiger charge is -2.15. The van der Waals surface area contributed by atoms with Gasteiger partial charge in [-0.05, 0) is 106 Å². The lowest BCUT2D eigenvalue weighted by Crippen LogP contribution is -2.34. The van der Waals surface area contributed by atoms with Crippen LogP contribution in [0.1, 0.15) is 76.5 Å². The van der Waals surface area contributed by atoms with Gasteiger partial charge in [-0.3, -0.25) is 14.5 Å². The number of benzene rings is 2. The molecule has 2 amide bonds. The van der Waals surface area contributed by atoms with Gasteiger partial charge in [-0.2, -0.15) is 0 Å². The molecule has 2 atom stereocenters. The fraction of sp³-hybridized carbons (Fsp3) is 0.314. The minimum Gasteiger partial charge on any atom is -0.494 e. The summed E-state index contributed by atoms with van der Waals surface area (Å²) in [4.78, 5) is 58.2. The van der Waals surface area contributed by atoms with Gasteiger partial charge >= 0.3 is 11.9 Å². The van der Waals surface area contributed by atoms with E-state index in [4.69, 9.17) is 14.2 Å². The highest BCUT2D eigenvalue weighted by atomic mass is 32.1. The molecule has 0 radical (unpaired) electrons. The van der Waals surface area contributed by atoms with Gasteiger partial charge in [0.2, 0.25) is 11.8 Å². The number of esters is 2. The van der Waals surface area contributed by atoms with Crippen molar-refractivity contribution in [2.45, 2.75) is 52.9 Å². The Morgan fingerprint density at radius 3 is 1.67 bits per heavy atom. The fourth-order valence-electron chi connectivity index (χ4n) is 5.54. The number of aryl methyl sites for hydroxylation is 4. The van der Waals surface area contributed by atoms with Gasteiger partial charge in [-0.1, -0.05) is 6.92 Å². The molecular formula is C35H35NO7S2. The van der Waals surface area contributed by atoms with Crippen LogP contribution in [0.4, 0.5) is 0 Å². The molecule has 10 heteroatoms. The highest BCUT2D eigenvalue weighted by Gasteiger charge is 2.50. The molecule has 234 valence electrons. The van der Waals surface area contributed by atoms with Crippen molar-refractivity contribution < 1.29 is 33.4 Å². The van der Waals surface area contributed by atoms with E-state index in [2.05, 4.69) is 0 Å². The molecule has 0 spiro atoms. The minimum atomic E-state index is -0.617. The summed E-state index contributed by atoms with van der Waals surface area (Å²) in [6.07, 6.45) is 0.886. The number of hydrogen-bond donors (Lipinski definition) is 0. The maximum absolute atomic E-state index is 13.7. The Balaban J connectivity index is 1.20. The van der Waals surface area contributed by atoms with E-state index in [0.717, 1.165) is 37.1 Å². The van der Waals surface area contributed by atoms with Crippen molar-refractivity contribution in [3.05, 3.63) is 102 Å². The topological polar surface area (TPSA) is 99.2 Å². The Morgan fingerprint density at radius 2 is 1.20 bits per heavy atom. The van der Waals surface area contributed by atoms with E-state index in [1.807, 2.05) is 46.8 Å². The van der Waals surface area contributed by atoms with Crippen molar-refractivity contribution in [1.29, 1.82) is 0 Å². The lowest BCUT2D eigenvalue weighted by atomic mass is 9.83. The van der Waals surface area contributed by atoms with Crippen LogP contribution < -0.4 is 9.47 Å². The average Bonchev–Trinajstić information content (AvgIpc) is 3.61. The third-order valence-corrected chi connectivity index (χ3v) is 9.60. The number of amides is 2. The van der Waals surface area contributed by atoms with Crippen LogP contribution in [0.5, 0.6) is 11.5 Å². The molecule has 3 heterocycles. The van der Waals surface area contributed by atoms with Gasteiger partial charge in [0.1, 0.15) is 18.1 Å². The third kappa shape index (κ3) is 7.02. The van der Waals surface area contributed by atoms with E-state index < -0.39 is 23.8 Å². The zero-order chi connectivity index (χ0) is 32.2. The molecule has 1 aliphatic rings. The molecule has 2 aromatic heterocycles. The van der Waals surface area contributed by atoms with Crippen molar-refractivity contribution >= 4 is 46.4 Å². The Bertz CT molecular complexity index is 1660. The molecule has 1 fully saturated rings. The van der Waals surface area contributed by atoms with Crippen molar-refractivity contribution in [2.24, 2.45) is 0 Å². The largest absolute Gasteiger partial charge is 0.494 e. The van der Waals surface area contributed by atoms with Crippen LogP contribution >= 0.6 is 22.7 Å². The number of carbonyl (C=O) groups excluding carboxylic acids is 4. The number of nitrogens with zero attached hydrogens (tertiary/aromatic N) is 1. The minimum absolute atomic E-state index is 0.0429. The van der Waals surface area contributed by atoms with Gasteiger partial charge in [0.05, 0.1) is 36.1 Å². The molecular weight excluding hydrogens is 611 g/mol. The van der Waals surface area contributed by atoms with Gasteiger partial charge in [0.15, 0.2) is 0 Å². The zero-order valence-electron chi connectivity index (χ0n) is 25.9. The number of likely N-dealkylation sites (tertiary alicyclic amines) is 1. The standard InChI is InChI=1S/C35H35NO7S2/c1-6-16-41-26-11-7-25(8-12-26)35(40)43-27-13-9-24(10-14-27)34(39)42-17-15-36-32(37)30(28-18-20(2)44-22(28)4)31(33(36)38)29-19-21(3)45-23(29)5/h7-14,18-19,30-31H,6,15-17H2,1-5H3. The number of rotatable bonds is 11. The molecule has 2 aromatic carbocycles. The second kappa shape index (κ2) is 13.8. The summed E-state index contributed by atoms with van der Waals surface area (Å²) in [5.74, 6) is -2.00. The molecule has 0 saturated carbocycles. The van der Waals surface area contributed by atoms with E-state index in [9.17, 15) is 19.2 Å². The summed E-state index contributed by atoms with van der Waals surface area (Å²) in [5, 5.41) is 0. The third-order valence-electron chi connectivity index (χ3n) is 7.64. The molecule has 0 N–H and O–H groups in total. The SMILES string of the molecule is CCCOc1ccc(C(=O)Oc2ccc(C(=O)OCCN3C(=O)C(c4cc(C)sc4C)C(c4cc(C)sc4C)C3=O)cc2)cc1. The van der Waals surface area contributed by atoms with Crippen LogP contribution in [-0.2, 0) is 14.3 Å². The summed E-state index contributed by atoms with van der Waals surface area (Å²) in [6.45, 7) is 10.4. The Labute approximate surface area is 270 Å². The molecule has 2 unspecified atom stereocenters. The van der Waals surface area contributed by atoms with Crippen molar-refractivity contribution in [3.63, 3.8) is 0 Å². The van der Waals surface area contributed by atoms with Gasteiger partial charge in [0, 0.05) is 19.5 Å². The van der Waals surface area contributed by atoms with E-state index in [1.165, 1.54) is 29.2 Å². The van der Waals surface area contributed by atoms with Gasteiger partial charge in [-0.25, -0.2) is 9.59 Å². The highest BCUT2D eigenvalue weighted by Crippen LogP contribution is 2.46. The van der Waals surface area contributed by atoms with Crippen LogP contribution in [-0.4, -0.2) is 48.4 Å². The molecule has 45 heavy (non-hydrogen) atoms. The van der Waals surface area contributed by atoms with Gasteiger partial charge < -0.3 is 14.2 Å². The number of carbonyl (C=O) groups is 4. The first-order valence-electron chi connectivity index (χ1n) is 14.8. The van der Waals surface area contributed by atoms with Crippen LogP contribution in [0.3, 0.4) is 0 Å². The first kappa shape index (κ1) is 32.1. The smallest absolute Gasteiger partial charge is 0.343 e. The predicted octanol–water partition coefficient (Wildman–Crippen LogP) is 7.14. The number of ether oxygens (including phenoxy) is 3. The number of thiophene rings is 2. The second-order valence-corrected chi connectivity index (χ2v) is 13.9. The summed E-state index contributed by atoms with van der Waals surface area (Å²) >= 11 is 3.22.